The molecule has 1 aliphatic heterocycles. The molecule has 102 valence electrons. The lowest BCUT2D eigenvalue weighted by molar-refractivity contribution is -0.127. The van der Waals surface area contributed by atoms with Gasteiger partial charge < -0.3 is 4.90 Å². The number of benzene rings is 1. The fraction of sp³-hybridized carbons (Fsp3) is 0.500. The van der Waals surface area contributed by atoms with Crippen molar-refractivity contribution in [1.29, 1.82) is 0 Å². The van der Waals surface area contributed by atoms with E-state index in [-0.39, 0.29) is 18.2 Å². The molecule has 0 N–H and O–H groups in total. The SMILES string of the molecule is Cc1cc(C)c(C(=O)CN2CC(C)CC2=O)cc1C. The molecule has 1 saturated heterocycles. The number of Topliss-reactive ketones (excluding diaryl/α,β-unsaturated/α-hetero) is 1. The third kappa shape index (κ3) is 2.86. The first-order valence-electron chi connectivity index (χ1n) is 6.77. The van der Waals surface area contributed by atoms with Crippen LogP contribution < -0.4 is 0 Å². The molecule has 1 aromatic rings. The van der Waals surface area contributed by atoms with Crippen LogP contribution in [0.3, 0.4) is 0 Å². The molecule has 3 heteroatoms. The Morgan fingerprint density at radius 1 is 1.21 bits per heavy atom. The molecule has 1 unspecified atom stereocenters. The Morgan fingerprint density at radius 3 is 2.42 bits per heavy atom. The number of hydrogen-bond donors (Lipinski definition) is 0. The van der Waals surface area contributed by atoms with Crippen LogP contribution in [0.5, 0.6) is 0 Å². The molecule has 0 aromatic heterocycles. The predicted octanol–water partition coefficient (Wildman–Crippen LogP) is 2.66. The summed E-state index contributed by atoms with van der Waals surface area (Å²) in [7, 11) is 0. The number of carbonyl (C=O) groups excluding carboxylic acids is 2. The molecule has 0 aliphatic carbocycles. The fourth-order valence-electron chi connectivity index (χ4n) is 2.64. The van der Waals surface area contributed by atoms with Gasteiger partial charge in [-0.3, -0.25) is 9.59 Å². The highest BCUT2D eigenvalue weighted by Crippen LogP contribution is 2.20. The standard InChI is InChI=1S/C16H21NO2/c1-10-5-16(19)17(8-10)9-15(18)14-7-12(3)11(2)6-13(14)4/h6-7,10H,5,8-9H2,1-4H3. The second-order valence-corrected chi connectivity index (χ2v) is 5.76. The van der Waals surface area contributed by atoms with Crippen LogP contribution in [-0.4, -0.2) is 29.7 Å². The van der Waals surface area contributed by atoms with Crippen molar-refractivity contribution in [3.63, 3.8) is 0 Å². The van der Waals surface area contributed by atoms with Gasteiger partial charge in [-0.1, -0.05) is 13.0 Å². The summed E-state index contributed by atoms with van der Waals surface area (Å²) in [4.78, 5) is 25.8. The molecule has 1 atom stereocenters. The van der Waals surface area contributed by atoms with Crippen LogP contribution in [-0.2, 0) is 4.79 Å². The molecule has 0 saturated carbocycles. The van der Waals surface area contributed by atoms with Crippen molar-refractivity contribution in [1.82, 2.24) is 4.90 Å². The number of carbonyl (C=O) groups is 2. The quantitative estimate of drug-likeness (QED) is 0.783. The van der Waals surface area contributed by atoms with E-state index in [2.05, 4.69) is 0 Å². The van der Waals surface area contributed by atoms with Gasteiger partial charge in [-0.2, -0.15) is 0 Å². The van der Waals surface area contributed by atoms with E-state index in [0.29, 0.717) is 18.9 Å². The maximum Gasteiger partial charge on any atom is 0.223 e. The van der Waals surface area contributed by atoms with Gasteiger partial charge in [-0.25, -0.2) is 0 Å². The van der Waals surface area contributed by atoms with Gasteiger partial charge in [-0.15, -0.1) is 0 Å². The van der Waals surface area contributed by atoms with Crippen molar-refractivity contribution in [3.05, 3.63) is 34.4 Å². The van der Waals surface area contributed by atoms with Gasteiger partial charge in [0.15, 0.2) is 5.78 Å². The Morgan fingerprint density at radius 2 is 1.84 bits per heavy atom. The molecular weight excluding hydrogens is 238 g/mol. The molecule has 0 radical (unpaired) electrons. The molecule has 2 rings (SSSR count). The number of rotatable bonds is 3. The van der Waals surface area contributed by atoms with Gasteiger partial charge in [0.05, 0.1) is 6.54 Å². The summed E-state index contributed by atoms with van der Waals surface area (Å²) >= 11 is 0. The zero-order chi connectivity index (χ0) is 14.2. The maximum absolute atomic E-state index is 12.3. The lowest BCUT2D eigenvalue weighted by Crippen LogP contribution is -2.31. The van der Waals surface area contributed by atoms with Crippen LogP contribution in [0.15, 0.2) is 12.1 Å². The highest BCUT2D eigenvalue weighted by molar-refractivity contribution is 6.01. The van der Waals surface area contributed by atoms with Crippen LogP contribution >= 0.6 is 0 Å². The van der Waals surface area contributed by atoms with E-state index < -0.39 is 0 Å². The molecule has 0 bridgehead atoms. The van der Waals surface area contributed by atoms with E-state index in [9.17, 15) is 9.59 Å². The van der Waals surface area contributed by atoms with E-state index in [4.69, 9.17) is 0 Å². The van der Waals surface area contributed by atoms with E-state index >= 15 is 0 Å². The van der Waals surface area contributed by atoms with Gasteiger partial charge in [0.2, 0.25) is 5.91 Å². The first kappa shape index (κ1) is 13.8. The Hall–Kier alpha value is -1.64. The van der Waals surface area contributed by atoms with Gasteiger partial charge in [0.1, 0.15) is 0 Å². The van der Waals surface area contributed by atoms with Crippen LogP contribution in [0, 0.1) is 26.7 Å². The van der Waals surface area contributed by atoms with E-state index in [1.807, 2.05) is 39.8 Å². The number of nitrogens with zero attached hydrogens (tertiary/aromatic N) is 1. The largest absolute Gasteiger partial charge is 0.335 e. The summed E-state index contributed by atoms with van der Waals surface area (Å²) in [6.45, 7) is 8.97. The normalized spacial score (nSPS) is 19.1. The van der Waals surface area contributed by atoms with Gasteiger partial charge in [0.25, 0.3) is 0 Å². The van der Waals surface area contributed by atoms with Gasteiger partial charge in [0, 0.05) is 18.5 Å². The van der Waals surface area contributed by atoms with Crippen molar-refractivity contribution in [2.24, 2.45) is 5.92 Å². The molecule has 1 aromatic carbocycles. The molecule has 3 nitrogen and oxygen atoms in total. The van der Waals surface area contributed by atoms with Crippen molar-refractivity contribution in [2.45, 2.75) is 34.1 Å². The van der Waals surface area contributed by atoms with Crippen LogP contribution in [0.2, 0.25) is 0 Å². The summed E-state index contributed by atoms with van der Waals surface area (Å²) in [5.74, 6) is 0.506. The van der Waals surface area contributed by atoms with Crippen molar-refractivity contribution >= 4 is 11.7 Å². The zero-order valence-electron chi connectivity index (χ0n) is 12.1. The monoisotopic (exact) mass is 259 g/mol. The maximum atomic E-state index is 12.3. The summed E-state index contributed by atoms with van der Waals surface area (Å²) in [5.41, 5.74) is 4.05. The zero-order valence-corrected chi connectivity index (χ0v) is 12.1. The third-order valence-corrected chi connectivity index (χ3v) is 3.88. The molecular formula is C16H21NO2. The molecule has 1 heterocycles. The minimum Gasteiger partial charge on any atom is -0.335 e. The first-order chi connectivity index (χ1) is 8.88. The second kappa shape index (κ2) is 5.16. The number of likely N-dealkylation sites (tertiary alicyclic amines) is 1. The van der Waals surface area contributed by atoms with Crippen molar-refractivity contribution < 1.29 is 9.59 Å². The van der Waals surface area contributed by atoms with Crippen molar-refractivity contribution in [3.8, 4) is 0 Å². The van der Waals surface area contributed by atoms with E-state index in [0.717, 1.165) is 16.7 Å². The third-order valence-electron chi connectivity index (χ3n) is 3.88. The Balaban J connectivity index is 2.17. The highest BCUT2D eigenvalue weighted by atomic mass is 16.2. The number of amides is 1. The number of hydrogen-bond acceptors (Lipinski definition) is 2. The first-order valence-corrected chi connectivity index (χ1v) is 6.77. The molecule has 1 amide bonds. The Bertz CT molecular complexity index is 534. The van der Waals surface area contributed by atoms with Crippen LogP contribution in [0.4, 0.5) is 0 Å². The lowest BCUT2D eigenvalue weighted by Gasteiger charge is -2.16. The summed E-state index contributed by atoms with van der Waals surface area (Å²) in [6.07, 6.45) is 0.569. The molecule has 1 aliphatic rings. The van der Waals surface area contributed by atoms with Crippen molar-refractivity contribution in [2.75, 3.05) is 13.1 Å². The van der Waals surface area contributed by atoms with Gasteiger partial charge in [-0.05, 0) is 49.4 Å². The summed E-state index contributed by atoms with van der Waals surface area (Å²) < 4.78 is 0. The Labute approximate surface area is 114 Å². The van der Waals surface area contributed by atoms with E-state index in [1.165, 1.54) is 5.56 Å². The lowest BCUT2D eigenvalue weighted by atomic mass is 9.98. The average Bonchev–Trinajstić information content (AvgIpc) is 2.62. The van der Waals surface area contributed by atoms with Crippen LogP contribution in [0.25, 0.3) is 0 Å². The summed E-state index contributed by atoms with van der Waals surface area (Å²) in [6, 6.07) is 3.98. The average molecular weight is 259 g/mol. The highest BCUT2D eigenvalue weighted by Gasteiger charge is 2.28. The molecule has 19 heavy (non-hydrogen) atoms. The predicted molar refractivity (Wildman–Crippen MR) is 75.3 cm³/mol. The van der Waals surface area contributed by atoms with Gasteiger partial charge >= 0.3 is 0 Å². The molecule has 1 fully saturated rings. The smallest absolute Gasteiger partial charge is 0.223 e. The topological polar surface area (TPSA) is 37.4 Å². The summed E-state index contributed by atoms with van der Waals surface area (Å²) in [5, 5.41) is 0. The van der Waals surface area contributed by atoms with E-state index in [1.54, 1.807) is 4.90 Å². The Kier molecular flexibility index (Phi) is 3.74. The number of ketones is 1. The van der Waals surface area contributed by atoms with Crippen LogP contribution in [0.1, 0.15) is 40.4 Å². The molecule has 0 spiro atoms. The second-order valence-electron chi connectivity index (χ2n) is 5.76. The fourth-order valence-corrected chi connectivity index (χ4v) is 2.64. The number of aryl methyl sites for hydroxylation is 3. The minimum absolute atomic E-state index is 0.0445. The minimum atomic E-state index is 0.0445.